The maximum Gasteiger partial charge on any atom is 0.334 e. The Kier molecular flexibility index (Phi) is 5.66. The molecule has 0 fully saturated rings. The molecule has 0 unspecified atom stereocenters. The van der Waals surface area contributed by atoms with Gasteiger partial charge in [0.1, 0.15) is 0 Å². The first-order valence-electron chi connectivity index (χ1n) is 7.37. The van der Waals surface area contributed by atoms with E-state index >= 15 is 0 Å². The molecular formula is C17H21ClO2. The lowest BCUT2D eigenvalue weighted by Crippen LogP contribution is -2.11. The minimum atomic E-state index is -0.153. The summed E-state index contributed by atoms with van der Waals surface area (Å²) < 4.78 is 5.23. The third-order valence-electron chi connectivity index (χ3n) is 3.68. The van der Waals surface area contributed by atoms with Crippen molar-refractivity contribution in [2.24, 2.45) is 0 Å². The largest absolute Gasteiger partial charge is 0.463 e. The van der Waals surface area contributed by atoms with Crippen LogP contribution in [0.25, 0.3) is 5.57 Å². The molecule has 0 bridgehead atoms. The molecule has 0 aromatic heterocycles. The highest BCUT2D eigenvalue weighted by Gasteiger charge is 2.19. The second-order valence-electron chi connectivity index (χ2n) is 5.10. The molecule has 3 heteroatoms. The Labute approximate surface area is 125 Å². The summed E-state index contributed by atoms with van der Waals surface area (Å²) in [5, 5.41) is 0.720. The second kappa shape index (κ2) is 7.49. The number of hydrogen-bond donors (Lipinski definition) is 0. The Morgan fingerprint density at radius 2 is 1.75 bits per heavy atom. The van der Waals surface area contributed by atoms with Crippen molar-refractivity contribution < 1.29 is 9.53 Å². The fourth-order valence-corrected chi connectivity index (χ4v) is 2.80. The lowest BCUT2D eigenvalue weighted by molar-refractivity contribution is -0.138. The van der Waals surface area contributed by atoms with Gasteiger partial charge in [-0.2, -0.15) is 0 Å². The number of rotatable bonds is 3. The van der Waals surface area contributed by atoms with Crippen LogP contribution in [-0.2, 0) is 9.53 Å². The molecule has 2 rings (SSSR count). The van der Waals surface area contributed by atoms with Crippen molar-refractivity contribution in [2.45, 2.75) is 45.4 Å². The second-order valence-corrected chi connectivity index (χ2v) is 5.54. The molecule has 0 saturated heterocycles. The lowest BCUT2D eigenvalue weighted by atomic mass is 9.89. The molecule has 2 nitrogen and oxygen atoms in total. The van der Waals surface area contributed by atoms with Gasteiger partial charge in [-0.25, -0.2) is 4.79 Å². The van der Waals surface area contributed by atoms with Gasteiger partial charge in [0, 0.05) is 10.6 Å². The number of hydrogen-bond acceptors (Lipinski definition) is 2. The van der Waals surface area contributed by atoms with E-state index in [4.69, 9.17) is 16.3 Å². The monoisotopic (exact) mass is 292 g/mol. The van der Waals surface area contributed by atoms with Gasteiger partial charge in [0.2, 0.25) is 0 Å². The highest BCUT2D eigenvalue weighted by atomic mass is 35.5. The summed E-state index contributed by atoms with van der Waals surface area (Å²) in [5.74, 6) is -0.153. The van der Waals surface area contributed by atoms with Gasteiger partial charge in [0.25, 0.3) is 0 Å². The van der Waals surface area contributed by atoms with Gasteiger partial charge in [0.05, 0.1) is 6.61 Å². The van der Waals surface area contributed by atoms with Gasteiger partial charge < -0.3 is 4.74 Å². The molecule has 0 amide bonds. The SMILES string of the molecule is CCOC(=O)C1=C(c2ccc(Cl)cc2)CCCCCC1. The van der Waals surface area contributed by atoms with Crippen LogP contribution >= 0.6 is 11.6 Å². The van der Waals surface area contributed by atoms with Crippen molar-refractivity contribution in [3.8, 4) is 0 Å². The van der Waals surface area contributed by atoms with Gasteiger partial charge in [-0.1, -0.05) is 36.6 Å². The summed E-state index contributed by atoms with van der Waals surface area (Å²) >= 11 is 5.95. The molecule has 0 aliphatic heterocycles. The van der Waals surface area contributed by atoms with E-state index in [0.29, 0.717) is 6.61 Å². The third kappa shape index (κ3) is 3.86. The van der Waals surface area contributed by atoms with E-state index < -0.39 is 0 Å². The average Bonchev–Trinajstić information content (AvgIpc) is 2.40. The summed E-state index contributed by atoms with van der Waals surface area (Å²) in [6, 6.07) is 7.76. The molecule has 1 aliphatic rings. The zero-order valence-electron chi connectivity index (χ0n) is 12.0. The third-order valence-corrected chi connectivity index (χ3v) is 3.93. The fraction of sp³-hybridized carbons (Fsp3) is 0.471. The summed E-state index contributed by atoms with van der Waals surface area (Å²) in [6.45, 7) is 2.28. The molecule has 108 valence electrons. The fourth-order valence-electron chi connectivity index (χ4n) is 2.67. The predicted molar refractivity (Wildman–Crippen MR) is 82.7 cm³/mol. The number of esters is 1. The molecule has 20 heavy (non-hydrogen) atoms. The number of carbonyl (C=O) groups is 1. The van der Waals surface area contributed by atoms with E-state index in [1.807, 2.05) is 31.2 Å². The van der Waals surface area contributed by atoms with Crippen molar-refractivity contribution in [3.05, 3.63) is 40.4 Å². The molecule has 0 N–H and O–H groups in total. The Morgan fingerprint density at radius 1 is 1.10 bits per heavy atom. The van der Waals surface area contributed by atoms with Gasteiger partial charge in [0.15, 0.2) is 0 Å². The smallest absolute Gasteiger partial charge is 0.334 e. The van der Waals surface area contributed by atoms with Crippen molar-refractivity contribution in [2.75, 3.05) is 6.61 Å². The molecule has 0 radical (unpaired) electrons. The van der Waals surface area contributed by atoms with Gasteiger partial charge in [-0.05, 0) is 55.9 Å². The van der Waals surface area contributed by atoms with Crippen LogP contribution in [0.4, 0.5) is 0 Å². The molecule has 0 heterocycles. The van der Waals surface area contributed by atoms with Gasteiger partial charge in [-0.3, -0.25) is 0 Å². The number of benzene rings is 1. The van der Waals surface area contributed by atoms with E-state index in [2.05, 4.69) is 0 Å². The Hall–Kier alpha value is -1.28. The van der Waals surface area contributed by atoms with Crippen LogP contribution in [0.2, 0.25) is 5.02 Å². The minimum absolute atomic E-state index is 0.153. The first-order valence-corrected chi connectivity index (χ1v) is 7.75. The molecule has 0 saturated carbocycles. The van der Waals surface area contributed by atoms with Crippen molar-refractivity contribution in [1.29, 1.82) is 0 Å². The Morgan fingerprint density at radius 3 is 2.40 bits per heavy atom. The number of carbonyl (C=O) groups excluding carboxylic acids is 1. The Balaban J connectivity index is 2.39. The van der Waals surface area contributed by atoms with Crippen LogP contribution in [0.15, 0.2) is 29.8 Å². The first-order chi connectivity index (χ1) is 9.72. The van der Waals surface area contributed by atoms with Crippen LogP contribution in [0, 0.1) is 0 Å². The van der Waals surface area contributed by atoms with Gasteiger partial charge in [-0.15, -0.1) is 0 Å². The van der Waals surface area contributed by atoms with Crippen molar-refractivity contribution in [3.63, 3.8) is 0 Å². The molecule has 1 aromatic rings. The zero-order valence-corrected chi connectivity index (χ0v) is 12.7. The topological polar surface area (TPSA) is 26.3 Å². The number of ether oxygens (including phenoxy) is 1. The Bertz CT molecular complexity index is 488. The van der Waals surface area contributed by atoms with E-state index in [-0.39, 0.29) is 5.97 Å². The van der Waals surface area contributed by atoms with E-state index in [9.17, 15) is 4.79 Å². The van der Waals surface area contributed by atoms with Crippen molar-refractivity contribution >= 4 is 23.1 Å². The highest BCUT2D eigenvalue weighted by molar-refractivity contribution is 6.30. The summed E-state index contributed by atoms with van der Waals surface area (Å²) in [6.07, 6.45) is 6.36. The first kappa shape index (κ1) is 15.1. The van der Waals surface area contributed by atoms with Crippen LogP contribution in [0.1, 0.15) is 51.0 Å². The standard InChI is InChI=1S/C17H21ClO2/c1-2-20-17(19)16-8-6-4-3-5-7-15(16)13-9-11-14(18)12-10-13/h9-12H,2-8H2,1H3. The predicted octanol–water partition coefficient (Wildman–Crippen LogP) is 5.01. The maximum absolute atomic E-state index is 12.2. The summed E-state index contributed by atoms with van der Waals surface area (Å²) in [5.41, 5.74) is 3.09. The van der Waals surface area contributed by atoms with E-state index in [0.717, 1.165) is 47.4 Å². The number of allylic oxidation sites excluding steroid dienone is 1. The van der Waals surface area contributed by atoms with E-state index in [1.165, 1.54) is 12.8 Å². The highest BCUT2D eigenvalue weighted by Crippen LogP contribution is 2.31. The van der Waals surface area contributed by atoms with Crippen LogP contribution < -0.4 is 0 Å². The minimum Gasteiger partial charge on any atom is -0.463 e. The number of halogens is 1. The van der Waals surface area contributed by atoms with E-state index in [1.54, 1.807) is 0 Å². The zero-order chi connectivity index (χ0) is 14.4. The molecule has 1 aromatic carbocycles. The molecule has 1 aliphatic carbocycles. The molecular weight excluding hydrogens is 272 g/mol. The molecule has 0 spiro atoms. The maximum atomic E-state index is 12.2. The summed E-state index contributed by atoms with van der Waals surface area (Å²) in [4.78, 5) is 12.2. The lowest BCUT2D eigenvalue weighted by Gasteiger charge is -2.18. The quantitative estimate of drug-likeness (QED) is 0.732. The van der Waals surface area contributed by atoms with Crippen LogP contribution in [0.3, 0.4) is 0 Å². The average molecular weight is 293 g/mol. The molecule has 0 atom stereocenters. The van der Waals surface area contributed by atoms with Crippen LogP contribution in [-0.4, -0.2) is 12.6 Å². The van der Waals surface area contributed by atoms with Gasteiger partial charge >= 0.3 is 5.97 Å². The summed E-state index contributed by atoms with van der Waals surface area (Å²) in [7, 11) is 0. The van der Waals surface area contributed by atoms with Crippen molar-refractivity contribution in [1.82, 2.24) is 0 Å². The normalized spacial score (nSPS) is 16.5. The van der Waals surface area contributed by atoms with Crippen LogP contribution in [0.5, 0.6) is 0 Å².